The molecule has 2 aromatic carbocycles. The second-order valence-electron chi connectivity index (χ2n) is 9.46. The molecule has 5 rings (SSSR count). The van der Waals surface area contributed by atoms with Crippen LogP contribution in [0.5, 0.6) is 5.75 Å². The van der Waals surface area contributed by atoms with E-state index < -0.39 is 16.5 Å². The van der Waals surface area contributed by atoms with Crippen molar-refractivity contribution in [2.24, 2.45) is 0 Å². The van der Waals surface area contributed by atoms with E-state index in [0.29, 0.717) is 42.2 Å². The fourth-order valence-electron chi connectivity index (χ4n) is 4.50. The summed E-state index contributed by atoms with van der Waals surface area (Å²) >= 11 is 0. The minimum Gasteiger partial charge on any atom is -0.406 e. The molecular formula is C25H28F3N5O6S. The number of ether oxygens (including phenoxy) is 1. The number of fused-ring (bicyclic) bond motifs is 1. The van der Waals surface area contributed by atoms with Crippen molar-refractivity contribution in [1.82, 2.24) is 25.3 Å². The molecule has 40 heavy (non-hydrogen) atoms. The molecule has 1 amide bonds. The molecule has 1 saturated heterocycles. The van der Waals surface area contributed by atoms with Crippen molar-refractivity contribution in [2.45, 2.75) is 32.9 Å². The number of alkyl halides is 3. The lowest BCUT2D eigenvalue weighted by Gasteiger charge is -2.25. The average molecular weight is 584 g/mol. The number of halogens is 3. The van der Waals surface area contributed by atoms with Crippen molar-refractivity contribution >= 4 is 16.0 Å². The Labute approximate surface area is 228 Å². The molecule has 0 spiro atoms. The highest BCUT2D eigenvalue weighted by Gasteiger charge is 2.32. The highest BCUT2D eigenvalue weighted by molar-refractivity contribution is 7.85. The van der Waals surface area contributed by atoms with Crippen LogP contribution in [0.4, 0.5) is 13.2 Å². The molecule has 216 valence electrons. The van der Waals surface area contributed by atoms with Gasteiger partial charge in [-0.3, -0.25) is 14.2 Å². The summed E-state index contributed by atoms with van der Waals surface area (Å²) in [5, 5.41) is 7.43. The number of carbonyl (C=O) groups excluding carboxylic acids is 1. The van der Waals surface area contributed by atoms with Gasteiger partial charge in [0.05, 0.1) is 12.8 Å². The molecule has 2 aliphatic rings. The van der Waals surface area contributed by atoms with Gasteiger partial charge in [0.15, 0.2) is 5.82 Å². The lowest BCUT2D eigenvalue weighted by Crippen LogP contribution is -2.43. The molecule has 0 atom stereocenters. The van der Waals surface area contributed by atoms with E-state index in [0.717, 1.165) is 42.9 Å². The summed E-state index contributed by atoms with van der Waals surface area (Å²) < 4.78 is 72.4. The average Bonchev–Trinajstić information content (AvgIpc) is 3.43. The van der Waals surface area contributed by atoms with E-state index in [1.54, 1.807) is 4.90 Å². The van der Waals surface area contributed by atoms with Gasteiger partial charge >= 0.3 is 6.36 Å². The van der Waals surface area contributed by atoms with Gasteiger partial charge < -0.3 is 19.5 Å². The molecule has 3 heterocycles. The van der Waals surface area contributed by atoms with Crippen molar-refractivity contribution in [1.29, 1.82) is 0 Å². The maximum absolute atomic E-state index is 13.0. The van der Waals surface area contributed by atoms with Gasteiger partial charge in [-0.25, -0.2) is 0 Å². The van der Waals surface area contributed by atoms with Gasteiger partial charge in [-0.2, -0.15) is 13.4 Å². The summed E-state index contributed by atoms with van der Waals surface area (Å²) in [5.74, 6) is 0.612. The molecule has 0 unspecified atom stereocenters. The fourth-order valence-corrected chi connectivity index (χ4v) is 4.50. The Morgan fingerprint density at radius 3 is 2.40 bits per heavy atom. The normalized spacial score (nSPS) is 15.9. The van der Waals surface area contributed by atoms with Crippen LogP contribution in [-0.4, -0.2) is 77.6 Å². The molecule has 3 aromatic rings. The summed E-state index contributed by atoms with van der Waals surface area (Å²) in [6, 6.07) is 9.29. The Kier molecular flexibility index (Phi) is 8.77. The van der Waals surface area contributed by atoms with Gasteiger partial charge in [0, 0.05) is 50.4 Å². The van der Waals surface area contributed by atoms with Crippen molar-refractivity contribution in [3.05, 3.63) is 64.5 Å². The van der Waals surface area contributed by atoms with E-state index in [2.05, 4.69) is 25.1 Å². The van der Waals surface area contributed by atoms with E-state index >= 15 is 0 Å². The summed E-state index contributed by atoms with van der Waals surface area (Å²) in [5.41, 5.74) is 3.74. The number of nitrogens with zero attached hydrogens (tertiary/aromatic N) is 4. The number of nitrogens with one attached hydrogen (secondary N) is 1. The Morgan fingerprint density at radius 2 is 1.77 bits per heavy atom. The van der Waals surface area contributed by atoms with Crippen LogP contribution in [0.25, 0.3) is 11.5 Å². The van der Waals surface area contributed by atoms with Crippen molar-refractivity contribution in [3.8, 4) is 17.2 Å². The molecule has 1 fully saturated rings. The zero-order valence-electron chi connectivity index (χ0n) is 21.7. The molecule has 1 aromatic heterocycles. The van der Waals surface area contributed by atoms with Crippen LogP contribution in [0.1, 0.15) is 32.9 Å². The third-order valence-corrected chi connectivity index (χ3v) is 6.10. The molecule has 15 heteroatoms. The standard InChI is InChI=1S/C24H24F3N5O3.CH4O3S/c1-15-10-17(22-29-20(30-35-22)14-31-8-6-28-7-9-31)11-18-13-32(23(33)21(15)18)12-16-2-4-19(5-3-16)34-24(25,26)27;1-5(2,3)4/h2-5,10-11,28H,6-9,12-14H2,1H3;1H3,(H,2,3,4). The number of rotatable bonds is 6. The summed E-state index contributed by atoms with van der Waals surface area (Å²) in [7, 11) is -3.67. The van der Waals surface area contributed by atoms with E-state index in [1.807, 2.05) is 19.1 Å². The summed E-state index contributed by atoms with van der Waals surface area (Å²) in [4.78, 5) is 21.5. The van der Waals surface area contributed by atoms with Gasteiger partial charge in [0.2, 0.25) is 0 Å². The van der Waals surface area contributed by atoms with E-state index in [1.165, 1.54) is 24.3 Å². The third kappa shape index (κ3) is 8.24. The smallest absolute Gasteiger partial charge is 0.406 e. The number of hydrogen-bond donors (Lipinski definition) is 2. The highest BCUT2D eigenvalue weighted by atomic mass is 32.2. The first-order valence-corrected chi connectivity index (χ1v) is 14.1. The number of aromatic nitrogens is 2. The summed E-state index contributed by atoms with van der Waals surface area (Å²) in [6.07, 6.45) is -4.03. The van der Waals surface area contributed by atoms with Crippen LogP contribution in [0.3, 0.4) is 0 Å². The minimum absolute atomic E-state index is 0.121. The van der Waals surface area contributed by atoms with Crippen molar-refractivity contribution in [3.63, 3.8) is 0 Å². The third-order valence-electron chi connectivity index (χ3n) is 6.10. The highest BCUT2D eigenvalue weighted by Crippen LogP contribution is 2.32. The lowest BCUT2D eigenvalue weighted by molar-refractivity contribution is -0.274. The van der Waals surface area contributed by atoms with Crippen LogP contribution in [0.2, 0.25) is 0 Å². The molecule has 0 aliphatic carbocycles. The van der Waals surface area contributed by atoms with Gasteiger partial charge in [-0.15, -0.1) is 13.2 Å². The molecule has 0 radical (unpaired) electrons. The topological polar surface area (TPSA) is 138 Å². The lowest BCUT2D eigenvalue weighted by atomic mass is 10.0. The number of piperazine rings is 1. The number of hydrogen-bond acceptors (Lipinski definition) is 9. The van der Waals surface area contributed by atoms with Crippen LogP contribution in [-0.2, 0) is 29.8 Å². The first kappa shape index (κ1) is 29.5. The molecular weight excluding hydrogens is 555 g/mol. The Balaban J connectivity index is 0.000000681. The molecule has 0 bridgehead atoms. The second-order valence-corrected chi connectivity index (χ2v) is 10.9. The minimum atomic E-state index is -4.74. The van der Waals surface area contributed by atoms with E-state index in [9.17, 15) is 26.4 Å². The molecule has 2 aliphatic heterocycles. The van der Waals surface area contributed by atoms with E-state index in [-0.39, 0.29) is 18.2 Å². The SMILES string of the molecule is CS(=O)(=O)O.Cc1cc(-c2nc(CN3CCNCC3)no2)cc2c1C(=O)N(Cc1ccc(OC(F)(F)F)cc1)C2. The van der Waals surface area contributed by atoms with Crippen molar-refractivity contribution < 1.29 is 40.2 Å². The maximum Gasteiger partial charge on any atom is 0.573 e. The van der Waals surface area contributed by atoms with Gasteiger partial charge in [-0.05, 0) is 47.9 Å². The second kappa shape index (κ2) is 11.9. The first-order chi connectivity index (χ1) is 18.7. The molecule has 11 nitrogen and oxygen atoms in total. The predicted molar refractivity (Wildman–Crippen MR) is 137 cm³/mol. The van der Waals surface area contributed by atoms with Crippen LogP contribution in [0, 0.1) is 6.92 Å². The maximum atomic E-state index is 13.0. The largest absolute Gasteiger partial charge is 0.573 e. The zero-order chi connectivity index (χ0) is 29.1. The fraction of sp³-hybridized carbons (Fsp3) is 0.400. The zero-order valence-corrected chi connectivity index (χ0v) is 22.5. The van der Waals surface area contributed by atoms with Crippen molar-refractivity contribution in [2.75, 3.05) is 32.4 Å². The number of benzene rings is 2. The Bertz CT molecular complexity index is 1450. The Hall–Kier alpha value is -3.53. The van der Waals surface area contributed by atoms with Gasteiger partial charge in [0.1, 0.15) is 5.75 Å². The molecule has 2 N–H and O–H groups in total. The van der Waals surface area contributed by atoms with E-state index in [4.69, 9.17) is 9.08 Å². The predicted octanol–water partition coefficient (Wildman–Crippen LogP) is 3.01. The van der Waals surface area contributed by atoms with Crippen LogP contribution in [0.15, 0.2) is 40.9 Å². The van der Waals surface area contributed by atoms with Crippen LogP contribution < -0.4 is 10.1 Å². The Morgan fingerprint density at radius 1 is 1.12 bits per heavy atom. The van der Waals surface area contributed by atoms with Gasteiger partial charge in [-0.1, -0.05) is 17.3 Å². The first-order valence-electron chi connectivity index (χ1n) is 12.2. The summed E-state index contributed by atoms with van der Waals surface area (Å²) in [6.45, 7) is 6.86. The quantitative estimate of drug-likeness (QED) is 0.417. The monoisotopic (exact) mass is 583 g/mol. The number of aryl methyl sites for hydroxylation is 1. The van der Waals surface area contributed by atoms with Crippen LogP contribution >= 0.6 is 0 Å². The van der Waals surface area contributed by atoms with Gasteiger partial charge in [0.25, 0.3) is 21.9 Å². The molecule has 0 saturated carbocycles. The number of amides is 1. The number of carbonyl (C=O) groups is 1.